The van der Waals surface area contributed by atoms with E-state index in [9.17, 15) is 4.39 Å². The molecule has 8 nitrogen and oxygen atoms in total. The molecule has 7 rings (SSSR count). The summed E-state index contributed by atoms with van der Waals surface area (Å²) < 4.78 is 18.0. The van der Waals surface area contributed by atoms with Crippen LogP contribution < -0.4 is 5.32 Å². The second-order valence-electron chi connectivity index (χ2n) is 8.88. The van der Waals surface area contributed by atoms with Gasteiger partial charge in [0.2, 0.25) is 0 Å². The monoisotopic (exact) mass is 476 g/mol. The highest BCUT2D eigenvalue weighted by Gasteiger charge is 2.20. The summed E-state index contributed by atoms with van der Waals surface area (Å²) >= 11 is 0. The van der Waals surface area contributed by atoms with E-state index in [2.05, 4.69) is 21.4 Å². The van der Waals surface area contributed by atoms with E-state index in [0.717, 1.165) is 64.7 Å². The lowest BCUT2D eigenvalue weighted by Crippen LogP contribution is -2.28. The van der Waals surface area contributed by atoms with Crippen molar-refractivity contribution < 1.29 is 4.39 Å². The molecule has 0 radical (unpaired) electrons. The predicted octanol–water partition coefficient (Wildman–Crippen LogP) is 4.42. The van der Waals surface area contributed by atoms with E-state index < -0.39 is 0 Å². The van der Waals surface area contributed by atoms with Crippen LogP contribution in [0.3, 0.4) is 0 Å². The SMILES string of the molecule is Cc1nc(-c2nc3ccccn3c2-c2ccc3ncc(-c4cc5n(n4)CCNC5)cc3n2)ccc1F. The molecule has 0 spiro atoms. The van der Waals surface area contributed by atoms with E-state index in [1.54, 1.807) is 13.0 Å². The number of hydrogen-bond donors (Lipinski definition) is 1. The number of fused-ring (bicyclic) bond motifs is 3. The van der Waals surface area contributed by atoms with Crippen LogP contribution in [0.4, 0.5) is 4.39 Å². The summed E-state index contributed by atoms with van der Waals surface area (Å²) in [6, 6.07) is 16.9. The fourth-order valence-corrected chi connectivity index (χ4v) is 4.71. The van der Waals surface area contributed by atoms with Crippen LogP contribution in [-0.2, 0) is 13.1 Å². The second kappa shape index (κ2) is 8.03. The Balaban J connectivity index is 1.39. The van der Waals surface area contributed by atoms with Crippen molar-refractivity contribution in [2.45, 2.75) is 20.0 Å². The van der Waals surface area contributed by atoms with Crippen LogP contribution in [0.25, 0.3) is 50.7 Å². The lowest BCUT2D eigenvalue weighted by Gasteiger charge is -2.13. The van der Waals surface area contributed by atoms with Crippen LogP contribution >= 0.6 is 0 Å². The van der Waals surface area contributed by atoms with Crippen LogP contribution in [-0.4, -0.2) is 40.7 Å². The zero-order valence-corrected chi connectivity index (χ0v) is 19.5. The number of hydrogen-bond acceptors (Lipinski definition) is 6. The molecular formula is C27H21FN8. The molecule has 6 aromatic heterocycles. The lowest BCUT2D eigenvalue weighted by molar-refractivity contribution is 0.476. The minimum atomic E-state index is -0.344. The van der Waals surface area contributed by atoms with Gasteiger partial charge in [0, 0.05) is 31.0 Å². The normalized spacial score (nSPS) is 13.4. The Bertz CT molecular complexity index is 1760. The quantitative estimate of drug-likeness (QED) is 0.407. The third-order valence-corrected chi connectivity index (χ3v) is 6.54. The zero-order valence-electron chi connectivity index (χ0n) is 19.5. The Labute approximate surface area is 205 Å². The molecule has 0 aromatic carbocycles. The van der Waals surface area contributed by atoms with Crippen molar-refractivity contribution in [3.8, 4) is 34.0 Å². The van der Waals surface area contributed by atoms with E-state index in [4.69, 9.17) is 15.1 Å². The van der Waals surface area contributed by atoms with Crippen molar-refractivity contribution in [2.24, 2.45) is 0 Å². The molecule has 1 N–H and O–H groups in total. The first-order valence-corrected chi connectivity index (χ1v) is 11.8. The highest BCUT2D eigenvalue weighted by molar-refractivity contribution is 5.85. The molecule has 1 aliphatic rings. The molecule has 0 atom stereocenters. The first kappa shape index (κ1) is 20.8. The van der Waals surface area contributed by atoms with Gasteiger partial charge in [-0.05, 0) is 55.5 Å². The Morgan fingerprint density at radius 2 is 1.83 bits per heavy atom. The van der Waals surface area contributed by atoms with Gasteiger partial charge in [0.15, 0.2) is 0 Å². The first-order valence-electron chi connectivity index (χ1n) is 11.8. The minimum Gasteiger partial charge on any atom is -0.309 e. The van der Waals surface area contributed by atoms with Crippen molar-refractivity contribution in [2.75, 3.05) is 6.54 Å². The molecule has 0 unspecified atom stereocenters. The van der Waals surface area contributed by atoms with Gasteiger partial charge in [-0.25, -0.2) is 19.3 Å². The molecule has 0 saturated carbocycles. The summed E-state index contributed by atoms with van der Waals surface area (Å²) in [7, 11) is 0. The third-order valence-electron chi connectivity index (χ3n) is 6.54. The highest BCUT2D eigenvalue weighted by atomic mass is 19.1. The molecule has 0 fully saturated rings. The number of rotatable bonds is 3. The average molecular weight is 477 g/mol. The number of aromatic nitrogens is 7. The third kappa shape index (κ3) is 3.36. The number of aryl methyl sites for hydroxylation is 1. The second-order valence-corrected chi connectivity index (χ2v) is 8.88. The molecule has 1 aliphatic heterocycles. The summed E-state index contributed by atoms with van der Waals surface area (Å²) in [5.41, 5.74) is 8.37. The van der Waals surface area contributed by atoms with Crippen LogP contribution in [0.15, 0.2) is 67.0 Å². The van der Waals surface area contributed by atoms with Gasteiger partial charge in [0.25, 0.3) is 0 Å². The molecule has 36 heavy (non-hydrogen) atoms. The largest absolute Gasteiger partial charge is 0.309 e. The van der Waals surface area contributed by atoms with Gasteiger partial charge in [-0.15, -0.1) is 0 Å². The van der Waals surface area contributed by atoms with Crippen molar-refractivity contribution >= 4 is 16.7 Å². The van der Waals surface area contributed by atoms with Crippen LogP contribution in [0.1, 0.15) is 11.4 Å². The van der Waals surface area contributed by atoms with Gasteiger partial charge in [0.1, 0.15) is 22.9 Å². The van der Waals surface area contributed by atoms with Gasteiger partial charge in [-0.1, -0.05) is 6.07 Å². The number of halogens is 1. The van der Waals surface area contributed by atoms with Crippen molar-refractivity contribution in [1.29, 1.82) is 0 Å². The molecule has 0 bridgehead atoms. The molecular weight excluding hydrogens is 455 g/mol. The van der Waals surface area contributed by atoms with E-state index in [-0.39, 0.29) is 5.82 Å². The van der Waals surface area contributed by atoms with Crippen LogP contribution in [0.5, 0.6) is 0 Å². The van der Waals surface area contributed by atoms with Crippen molar-refractivity contribution in [3.63, 3.8) is 0 Å². The average Bonchev–Trinajstić information content (AvgIpc) is 3.52. The standard InChI is InChI=1S/C27H21FN8/c1-16-19(28)5-6-21(31-16)26-27(35-10-3-2-4-25(35)33-26)22-8-7-20-24(32-22)12-17(14-30-20)23-13-18-15-29-9-11-36(18)34-23/h2-8,10,12-14,29H,9,11,15H2,1H3. The number of pyridine rings is 4. The summed E-state index contributed by atoms with van der Waals surface area (Å²) in [5.74, 6) is -0.344. The molecule has 0 saturated heterocycles. The molecule has 0 aliphatic carbocycles. The van der Waals surface area contributed by atoms with Crippen LogP contribution in [0, 0.1) is 12.7 Å². The smallest absolute Gasteiger partial charge is 0.144 e. The van der Waals surface area contributed by atoms with E-state index >= 15 is 0 Å². The number of imidazole rings is 1. The Morgan fingerprint density at radius 3 is 2.72 bits per heavy atom. The Kier molecular flexibility index (Phi) is 4.65. The summed E-state index contributed by atoms with van der Waals surface area (Å²) in [4.78, 5) is 18.9. The fraction of sp³-hybridized carbons (Fsp3) is 0.148. The van der Waals surface area contributed by atoms with Crippen molar-refractivity contribution in [3.05, 3.63) is 84.2 Å². The molecule has 0 amide bonds. The van der Waals surface area contributed by atoms with Gasteiger partial charge in [-0.2, -0.15) is 5.10 Å². The maximum Gasteiger partial charge on any atom is 0.144 e. The molecule has 9 heteroatoms. The summed E-state index contributed by atoms with van der Waals surface area (Å²) in [6.45, 7) is 4.23. The molecule has 176 valence electrons. The number of nitrogens with one attached hydrogen (secondary N) is 1. The molecule has 7 heterocycles. The maximum absolute atomic E-state index is 14.0. The number of nitrogens with zero attached hydrogens (tertiary/aromatic N) is 7. The topological polar surface area (TPSA) is 85.8 Å². The Morgan fingerprint density at radius 1 is 0.917 bits per heavy atom. The zero-order chi connectivity index (χ0) is 24.2. The summed E-state index contributed by atoms with van der Waals surface area (Å²) in [5, 5.41) is 8.14. The maximum atomic E-state index is 14.0. The van der Waals surface area contributed by atoms with Gasteiger partial charge in [-0.3, -0.25) is 14.1 Å². The van der Waals surface area contributed by atoms with E-state index in [1.165, 1.54) is 6.07 Å². The van der Waals surface area contributed by atoms with E-state index in [0.29, 0.717) is 17.1 Å². The predicted molar refractivity (Wildman–Crippen MR) is 135 cm³/mol. The highest BCUT2D eigenvalue weighted by Crippen LogP contribution is 2.32. The van der Waals surface area contributed by atoms with Gasteiger partial charge in [0.05, 0.1) is 46.0 Å². The Hall–Kier alpha value is -4.50. The summed E-state index contributed by atoms with van der Waals surface area (Å²) in [6.07, 6.45) is 3.79. The van der Waals surface area contributed by atoms with E-state index in [1.807, 2.05) is 57.9 Å². The minimum absolute atomic E-state index is 0.328. The van der Waals surface area contributed by atoms with Crippen molar-refractivity contribution in [1.82, 2.24) is 39.4 Å². The molecule has 6 aromatic rings. The fourth-order valence-electron chi connectivity index (χ4n) is 4.71. The lowest BCUT2D eigenvalue weighted by atomic mass is 10.1. The van der Waals surface area contributed by atoms with Gasteiger partial charge < -0.3 is 5.32 Å². The first-order chi connectivity index (χ1) is 17.6. The van der Waals surface area contributed by atoms with Crippen LogP contribution in [0.2, 0.25) is 0 Å². The van der Waals surface area contributed by atoms with Gasteiger partial charge >= 0.3 is 0 Å².